The van der Waals surface area contributed by atoms with Gasteiger partial charge in [-0.05, 0) is 25.1 Å². The van der Waals surface area contributed by atoms with Crippen molar-refractivity contribution in [2.24, 2.45) is 5.73 Å². The van der Waals surface area contributed by atoms with Crippen LogP contribution in [-0.4, -0.2) is 15.8 Å². The number of nitrogens with one attached hydrogen (secondary N) is 1. The Kier molecular flexibility index (Phi) is 3.39. The maximum atomic E-state index is 7.57. The van der Waals surface area contributed by atoms with E-state index in [9.17, 15) is 0 Å². The number of nitrogens with two attached hydrogens (primary N) is 1. The van der Waals surface area contributed by atoms with Gasteiger partial charge in [0.1, 0.15) is 17.2 Å². The van der Waals surface area contributed by atoms with E-state index < -0.39 is 0 Å². The second-order valence-corrected chi connectivity index (χ2v) is 4.63. The van der Waals surface area contributed by atoms with Gasteiger partial charge in [-0.15, -0.1) is 0 Å². The molecule has 0 bridgehead atoms. The zero-order valence-electron chi connectivity index (χ0n) is 9.34. The highest BCUT2D eigenvalue weighted by molar-refractivity contribution is 7.99. The molecule has 0 fully saturated rings. The van der Waals surface area contributed by atoms with E-state index in [0.29, 0.717) is 0 Å². The van der Waals surface area contributed by atoms with Gasteiger partial charge < -0.3 is 5.73 Å². The van der Waals surface area contributed by atoms with E-state index in [1.165, 1.54) is 18.1 Å². The van der Waals surface area contributed by atoms with E-state index >= 15 is 0 Å². The maximum absolute atomic E-state index is 7.57. The summed E-state index contributed by atoms with van der Waals surface area (Å²) in [5.74, 6) is 0.0743. The third-order valence-corrected chi connectivity index (χ3v) is 3.22. The van der Waals surface area contributed by atoms with Crippen LogP contribution in [0.3, 0.4) is 0 Å². The number of aromatic nitrogens is 2. The topological polar surface area (TPSA) is 75.7 Å². The van der Waals surface area contributed by atoms with Gasteiger partial charge in [-0.2, -0.15) is 0 Å². The molecule has 0 saturated carbocycles. The van der Waals surface area contributed by atoms with Crippen LogP contribution in [0.15, 0.2) is 46.7 Å². The summed E-state index contributed by atoms with van der Waals surface area (Å²) in [5, 5.41) is 8.41. The van der Waals surface area contributed by atoms with Gasteiger partial charge in [0.15, 0.2) is 0 Å². The van der Waals surface area contributed by atoms with Crippen molar-refractivity contribution in [2.45, 2.75) is 16.8 Å². The highest BCUT2D eigenvalue weighted by atomic mass is 32.2. The highest BCUT2D eigenvalue weighted by Gasteiger charge is 2.07. The van der Waals surface area contributed by atoms with Gasteiger partial charge >= 0.3 is 0 Å². The lowest BCUT2D eigenvalue weighted by atomic mass is 10.1. The van der Waals surface area contributed by atoms with Crippen molar-refractivity contribution in [2.75, 3.05) is 0 Å². The van der Waals surface area contributed by atoms with Gasteiger partial charge in [0, 0.05) is 16.7 Å². The van der Waals surface area contributed by atoms with Gasteiger partial charge in [-0.25, -0.2) is 9.97 Å². The predicted octanol–water partition coefficient (Wildman–Crippen LogP) is 2.22. The average molecular weight is 244 g/mol. The van der Waals surface area contributed by atoms with Crippen molar-refractivity contribution in [3.63, 3.8) is 0 Å². The molecule has 0 radical (unpaired) electrons. The van der Waals surface area contributed by atoms with Crippen molar-refractivity contribution in [1.82, 2.24) is 9.97 Å². The van der Waals surface area contributed by atoms with Crippen molar-refractivity contribution in [3.8, 4) is 0 Å². The number of hydrogen-bond acceptors (Lipinski definition) is 4. The summed E-state index contributed by atoms with van der Waals surface area (Å²) >= 11 is 1.48. The van der Waals surface area contributed by atoms with Gasteiger partial charge in [-0.1, -0.05) is 23.4 Å². The first kappa shape index (κ1) is 11.6. The average Bonchev–Trinajstić information content (AvgIpc) is 2.32. The summed E-state index contributed by atoms with van der Waals surface area (Å²) in [6.07, 6.45) is 3.20. The lowest BCUT2D eigenvalue weighted by molar-refractivity contribution is 1.05. The van der Waals surface area contributed by atoms with Crippen LogP contribution in [0, 0.1) is 12.3 Å². The smallest absolute Gasteiger partial charge is 0.123 e. The van der Waals surface area contributed by atoms with Crippen LogP contribution in [0.4, 0.5) is 0 Å². The van der Waals surface area contributed by atoms with Gasteiger partial charge in [0.2, 0.25) is 0 Å². The SMILES string of the molecule is Cc1ccc(Sc2ccncn2)c(C(=N)N)c1. The quantitative estimate of drug-likeness (QED) is 0.493. The summed E-state index contributed by atoms with van der Waals surface area (Å²) < 4.78 is 0. The van der Waals surface area contributed by atoms with Crippen molar-refractivity contribution in [1.29, 1.82) is 5.41 Å². The second kappa shape index (κ2) is 4.97. The minimum Gasteiger partial charge on any atom is -0.384 e. The fourth-order valence-corrected chi connectivity index (χ4v) is 2.26. The van der Waals surface area contributed by atoms with Crippen molar-refractivity contribution >= 4 is 17.6 Å². The first-order valence-electron chi connectivity index (χ1n) is 5.06. The molecule has 0 unspecified atom stereocenters. The number of hydrogen-bond donors (Lipinski definition) is 2. The van der Waals surface area contributed by atoms with Crippen LogP contribution < -0.4 is 5.73 Å². The fraction of sp³-hybridized carbons (Fsp3) is 0.0833. The molecule has 5 heteroatoms. The monoisotopic (exact) mass is 244 g/mol. The molecule has 0 aliphatic rings. The summed E-state index contributed by atoms with van der Waals surface area (Å²) in [7, 11) is 0. The molecule has 1 aromatic heterocycles. The Bertz CT molecular complexity index is 539. The zero-order chi connectivity index (χ0) is 12.3. The molecule has 3 N–H and O–H groups in total. The van der Waals surface area contributed by atoms with Crippen molar-refractivity contribution < 1.29 is 0 Å². The van der Waals surface area contributed by atoms with Gasteiger partial charge in [0.05, 0.1) is 0 Å². The molecule has 2 rings (SSSR count). The van der Waals surface area contributed by atoms with Crippen molar-refractivity contribution in [3.05, 3.63) is 47.9 Å². The van der Waals surface area contributed by atoms with Crippen LogP contribution in [-0.2, 0) is 0 Å². The molecule has 1 heterocycles. The molecule has 0 aliphatic carbocycles. The minimum atomic E-state index is 0.0743. The molecular weight excluding hydrogens is 232 g/mol. The molecule has 2 aromatic rings. The van der Waals surface area contributed by atoms with Crippen LogP contribution >= 0.6 is 11.8 Å². The maximum Gasteiger partial charge on any atom is 0.123 e. The fourth-order valence-electron chi connectivity index (χ4n) is 1.39. The summed E-state index contributed by atoms with van der Waals surface area (Å²) in [5.41, 5.74) is 7.40. The molecule has 86 valence electrons. The Labute approximate surface area is 104 Å². The Morgan fingerprint density at radius 2 is 2.18 bits per heavy atom. The number of nitrogens with zero attached hydrogens (tertiary/aromatic N) is 2. The Morgan fingerprint density at radius 1 is 1.35 bits per heavy atom. The standard InChI is InChI=1S/C12H12N4S/c1-8-2-3-10(9(6-8)12(13)14)17-11-4-5-15-7-16-11/h2-7H,1H3,(H3,13,14). The normalized spacial score (nSPS) is 10.2. The number of amidine groups is 1. The molecule has 4 nitrogen and oxygen atoms in total. The number of benzene rings is 1. The largest absolute Gasteiger partial charge is 0.384 e. The van der Waals surface area contributed by atoms with Gasteiger partial charge in [-0.3, -0.25) is 5.41 Å². The third kappa shape index (κ3) is 2.82. The van der Waals surface area contributed by atoms with E-state index in [2.05, 4.69) is 9.97 Å². The van der Waals surface area contributed by atoms with E-state index in [-0.39, 0.29) is 5.84 Å². The first-order chi connectivity index (χ1) is 8.16. The Morgan fingerprint density at radius 3 is 2.82 bits per heavy atom. The molecule has 0 aliphatic heterocycles. The molecule has 17 heavy (non-hydrogen) atoms. The number of nitrogen functional groups attached to an aromatic ring is 1. The summed E-state index contributed by atoms with van der Waals surface area (Å²) in [6, 6.07) is 7.69. The highest BCUT2D eigenvalue weighted by Crippen LogP contribution is 2.29. The number of aryl methyl sites for hydroxylation is 1. The molecule has 0 saturated heterocycles. The molecule has 0 atom stereocenters. The van der Waals surface area contributed by atoms with Crippen LogP contribution in [0.5, 0.6) is 0 Å². The minimum absolute atomic E-state index is 0.0743. The first-order valence-corrected chi connectivity index (χ1v) is 5.87. The van der Waals surface area contributed by atoms with E-state index in [1.807, 2.05) is 31.2 Å². The van der Waals surface area contributed by atoms with E-state index in [4.69, 9.17) is 11.1 Å². The van der Waals surface area contributed by atoms with Gasteiger partial charge in [0.25, 0.3) is 0 Å². The summed E-state index contributed by atoms with van der Waals surface area (Å²) in [6.45, 7) is 1.98. The lowest BCUT2D eigenvalue weighted by Gasteiger charge is -2.08. The number of rotatable bonds is 3. The Hall–Kier alpha value is -1.88. The predicted molar refractivity (Wildman–Crippen MR) is 68.4 cm³/mol. The van der Waals surface area contributed by atoms with Crippen LogP contribution in [0.1, 0.15) is 11.1 Å². The van der Waals surface area contributed by atoms with E-state index in [1.54, 1.807) is 6.20 Å². The molecule has 0 amide bonds. The summed E-state index contributed by atoms with van der Waals surface area (Å²) in [4.78, 5) is 8.94. The van der Waals surface area contributed by atoms with Crippen LogP contribution in [0.25, 0.3) is 0 Å². The molecule has 0 spiro atoms. The lowest BCUT2D eigenvalue weighted by Crippen LogP contribution is -2.12. The molecule has 1 aromatic carbocycles. The zero-order valence-corrected chi connectivity index (χ0v) is 10.2. The van der Waals surface area contributed by atoms with E-state index in [0.717, 1.165) is 21.0 Å². The second-order valence-electron chi connectivity index (χ2n) is 3.56. The van der Waals surface area contributed by atoms with Crippen LogP contribution in [0.2, 0.25) is 0 Å². The molecular formula is C12H12N4S. The third-order valence-electron chi connectivity index (χ3n) is 2.19. The Balaban J connectivity index is 2.36.